The van der Waals surface area contributed by atoms with Crippen LogP contribution in [0, 0.1) is 11.3 Å². The van der Waals surface area contributed by atoms with Crippen LogP contribution in [0.15, 0.2) is 54.2 Å². The van der Waals surface area contributed by atoms with Crippen LogP contribution in [0.25, 0.3) is 10.9 Å². The maximum atomic E-state index is 12.2. The highest BCUT2D eigenvalue weighted by molar-refractivity contribution is 6.04. The molecule has 0 aliphatic rings. The molecule has 1 aromatic carbocycles. The summed E-state index contributed by atoms with van der Waals surface area (Å²) >= 11 is 0. The van der Waals surface area contributed by atoms with Crippen LogP contribution >= 0.6 is 0 Å². The quantitative estimate of drug-likeness (QED) is 0.718. The van der Waals surface area contributed by atoms with Crippen LogP contribution in [0.2, 0.25) is 0 Å². The van der Waals surface area contributed by atoms with Gasteiger partial charge in [0, 0.05) is 35.4 Å². The summed E-state index contributed by atoms with van der Waals surface area (Å²) in [4.78, 5) is 29.6. The molecule has 0 aliphatic carbocycles. The standard InChI is InChI=1S/C17H13N5O2/c1-2-5-22-9-11(8-18)13-6-12(3-4-15(13)22)21-17(24)14-7-16(23)20-10-19-14/h2-4,6-7,9-10H,1,5H2,(H,21,24)(H,19,20,23). The maximum Gasteiger partial charge on any atom is 0.274 e. The van der Waals surface area contributed by atoms with Gasteiger partial charge in [0.25, 0.3) is 11.5 Å². The summed E-state index contributed by atoms with van der Waals surface area (Å²) in [6, 6.07) is 8.53. The number of H-pyrrole nitrogens is 1. The number of hydrogen-bond acceptors (Lipinski definition) is 4. The predicted octanol–water partition coefficient (Wildman–Crippen LogP) is 2.03. The van der Waals surface area contributed by atoms with Gasteiger partial charge in [0.1, 0.15) is 11.8 Å². The lowest BCUT2D eigenvalue weighted by Gasteiger charge is -2.06. The van der Waals surface area contributed by atoms with Gasteiger partial charge in [-0.25, -0.2) is 4.98 Å². The molecule has 0 aliphatic heterocycles. The first-order valence-electron chi connectivity index (χ1n) is 7.12. The number of allylic oxidation sites excluding steroid dienone is 1. The van der Waals surface area contributed by atoms with Crippen molar-refractivity contribution >= 4 is 22.5 Å². The van der Waals surface area contributed by atoms with Crippen molar-refractivity contribution in [1.82, 2.24) is 14.5 Å². The molecule has 0 unspecified atom stereocenters. The van der Waals surface area contributed by atoms with E-state index >= 15 is 0 Å². The van der Waals surface area contributed by atoms with Crippen molar-refractivity contribution in [2.75, 3.05) is 5.32 Å². The van der Waals surface area contributed by atoms with Crippen LogP contribution in [-0.2, 0) is 6.54 Å². The predicted molar refractivity (Wildman–Crippen MR) is 89.7 cm³/mol. The van der Waals surface area contributed by atoms with Crippen molar-refractivity contribution in [2.45, 2.75) is 6.54 Å². The topological polar surface area (TPSA) is 104 Å². The van der Waals surface area contributed by atoms with Gasteiger partial charge in [0.2, 0.25) is 0 Å². The first kappa shape index (κ1) is 15.2. The second-order valence-electron chi connectivity index (χ2n) is 5.08. The lowest BCUT2D eigenvalue weighted by atomic mass is 10.1. The average Bonchev–Trinajstić information content (AvgIpc) is 2.92. The van der Waals surface area contributed by atoms with Crippen LogP contribution in [0.1, 0.15) is 16.1 Å². The van der Waals surface area contributed by atoms with Gasteiger partial charge in [-0.1, -0.05) is 6.08 Å². The van der Waals surface area contributed by atoms with Gasteiger partial charge in [0.05, 0.1) is 11.9 Å². The number of nitriles is 1. The van der Waals surface area contributed by atoms with E-state index in [4.69, 9.17) is 0 Å². The summed E-state index contributed by atoms with van der Waals surface area (Å²) in [5.74, 6) is -0.496. The molecule has 118 valence electrons. The van der Waals surface area contributed by atoms with E-state index in [1.165, 1.54) is 6.33 Å². The molecule has 7 nitrogen and oxygen atoms in total. The van der Waals surface area contributed by atoms with E-state index in [1.807, 2.05) is 10.6 Å². The number of hydrogen-bond donors (Lipinski definition) is 2. The van der Waals surface area contributed by atoms with Crippen molar-refractivity contribution in [1.29, 1.82) is 5.26 Å². The fourth-order valence-electron chi connectivity index (χ4n) is 2.44. The van der Waals surface area contributed by atoms with E-state index in [-0.39, 0.29) is 5.69 Å². The molecule has 2 heterocycles. The molecular formula is C17H13N5O2. The number of nitrogens with zero attached hydrogens (tertiary/aromatic N) is 3. The Kier molecular flexibility index (Phi) is 3.95. The molecular weight excluding hydrogens is 306 g/mol. The third-order valence-corrected chi connectivity index (χ3v) is 3.50. The van der Waals surface area contributed by atoms with Gasteiger partial charge in [0.15, 0.2) is 0 Å². The molecule has 7 heteroatoms. The fourth-order valence-corrected chi connectivity index (χ4v) is 2.44. The zero-order chi connectivity index (χ0) is 17.1. The van der Waals surface area contributed by atoms with Crippen molar-refractivity contribution < 1.29 is 4.79 Å². The summed E-state index contributed by atoms with van der Waals surface area (Å²) in [6.45, 7) is 4.28. The second kappa shape index (κ2) is 6.22. The van der Waals surface area contributed by atoms with E-state index in [0.29, 0.717) is 17.8 Å². The number of carbonyl (C=O) groups is 1. The molecule has 2 N–H and O–H groups in total. The van der Waals surface area contributed by atoms with Gasteiger partial charge in [-0.3, -0.25) is 9.59 Å². The van der Waals surface area contributed by atoms with E-state index in [0.717, 1.165) is 17.0 Å². The Morgan fingerprint density at radius 3 is 3.00 bits per heavy atom. The highest BCUT2D eigenvalue weighted by atomic mass is 16.2. The molecule has 0 spiro atoms. The van der Waals surface area contributed by atoms with Crippen molar-refractivity contribution in [3.63, 3.8) is 0 Å². The number of aromatic nitrogens is 3. The van der Waals surface area contributed by atoms with Gasteiger partial charge < -0.3 is 14.9 Å². The van der Waals surface area contributed by atoms with Crippen molar-refractivity contribution in [2.24, 2.45) is 0 Å². The lowest BCUT2D eigenvalue weighted by Crippen LogP contribution is -2.17. The van der Waals surface area contributed by atoms with Gasteiger partial charge in [-0.2, -0.15) is 5.26 Å². The number of aromatic amines is 1. The molecule has 0 saturated carbocycles. The molecule has 24 heavy (non-hydrogen) atoms. The normalized spacial score (nSPS) is 10.3. The minimum Gasteiger partial charge on any atom is -0.342 e. The number of amides is 1. The third kappa shape index (κ3) is 2.80. The summed E-state index contributed by atoms with van der Waals surface area (Å²) < 4.78 is 1.91. The molecule has 3 rings (SSSR count). The summed E-state index contributed by atoms with van der Waals surface area (Å²) in [7, 11) is 0. The van der Waals surface area contributed by atoms with E-state index < -0.39 is 11.5 Å². The number of nitrogens with one attached hydrogen (secondary N) is 2. The van der Waals surface area contributed by atoms with Crippen LogP contribution in [0.4, 0.5) is 5.69 Å². The maximum absolute atomic E-state index is 12.2. The van der Waals surface area contributed by atoms with Crippen molar-refractivity contribution in [3.05, 3.63) is 71.1 Å². The largest absolute Gasteiger partial charge is 0.342 e. The highest BCUT2D eigenvalue weighted by Crippen LogP contribution is 2.25. The number of benzene rings is 1. The fraction of sp³-hybridized carbons (Fsp3) is 0.0588. The minimum absolute atomic E-state index is 0.0172. The Morgan fingerprint density at radius 2 is 2.29 bits per heavy atom. The first-order valence-corrected chi connectivity index (χ1v) is 7.12. The van der Waals surface area contributed by atoms with Gasteiger partial charge in [-0.05, 0) is 18.2 Å². The Bertz CT molecular complexity index is 1040. The highest BCUT2D eigenvalue weighted by Gasteiger charge is 2.12. The minimum atomic E-state index is -0.496. The molecule has 0 bridgehead atoms. The Morgan fingerprint density at radius 1 is 1.46 bits per heavy atom. The third-order valence-electron chi connectivity index (χ3n) is 3.50. The van der Waals surface area contributed by atoms with Gasteiger partial charge >= 0.3 is 0 Å². The smallest absolute Gasteiger partial charge is 0.274 e. The Balaban J connectivity index is 1.96. The van der Waals surface area contributed by atoms with Crippen molar-refractivity contribution in [3.8, 4) is 6.07 Å². The zero-order valence-electron chi connectivity index (χ0n) is 12.6. The number of fused-ring (bicyclic) bond motifs is 1. The monoisotopic (exact) mass is 319 g/mol. The van der Waals surface area contributed by atoms with Crippen LogP contribution in [0.5, 0.6) is 0 Å². The number of rotatable bonds is 4. The Labute approximate surface area is 136 Å². The molecule has 0 radical (unpaired) electrons. The molecule has 2 aromatic heterocycles. The molecule has 0 fully saturated rings. The van der Waals surface area contributed by atoms with E-state index in [1.54, 1.807) is 24.4 Å². The Hall–Kier alpha value is -3.66. The summed E-state index contributed by atoms with van der Waals surface area (Å²) in [5, 5.41) is 12.7. The summed E-state index contributed by atoms with van der Waals surface area (Å²) in [5.41, 5.74) is 1.51. The molecule has 3 aromatic rings. The van der Waals surface area contributed by atoms with E-state index in [9.17, 15) is 14.9 Å². The number of carbonyl (C=O) groups excluding carboxylic acids is 1. The average molecular weight is 319 g/mol. The van der Waals surface area contributed by atoms with Gasteiger partial charge in [-0.15, -0.1) is 6.58 Å². The summed E-state index contributed by atoms with van der Waals surface area (Å²) in [6.07, 6.45) is 4.66. The van der Waals surface area contributed by atoms with Crippen LogP contribution < -0.4 is 10.9 Å². The van der Waals surface area contributed by atoms with E-state index in [2.05, 4.69) is 27.9 Å². The molecule has 1 amide bonds. The zero-order valence-corrected chi connectivity index (χ0v) is 12.6. The SMILES string of the molecule is C=CCn1cc(C#N)c2cc(NC(=O)c3cc(=O)[nH]cn3)ccc21. The first-order chi connectivity index (χ1) is 11.6. The second-order valence-corrected chi connectivity index (χ2v) is 5.08. The number of anilines is 1. The molecule has 0 saturated heterocycles. The lowest BCUT2D eigenvalue weighted by molar-refractivity contribution is 0.102. The molecule has 0 atom stereocenters. The van der Waals surface area contributed by atoms with Crippen LogP contribution in [0.3, 0.4) is 0 Å². The van der Waals surface area contributed by atoms with Crippen LogP contribution in [-0.4, -0.2) is 20.4 Å².